The minimum absolute atomic E-state index is 0.434. The third kappa shape index (κ3) is 5.14. The van der Waals surface area contributed by atoms with Crippen molar-refractivity contribution < 1.29 is 4.58 Å². The van der Waals surface area contributed by atoms with E-state index >= 15 is 0 Å². The summed E-state index contributed by atoms with van der Waals surface area (Å²) >= 11 is 0. The summed E-state index contributed by atoms with van der Waals surface area (Å²) in [6, 6.07) is 27.5. The fourth-order valence-electron chi connectivity index (χ4n) is 6.34. The molecule has 0 aromatic heterocycles. The molecule has 0 amide bonds. The van der Waals surface area contributed by atoms with Crippen molar-refractivity contribution in [3.8, 4) is 0 Å². The van der Waals surface area contributed by atoms with Crippen molar-refractivity contribution in [1.82, 2.24) is 0 Å². The summed E-state index contributed by atoms with van der Waals surface area (Å²) in [6.45, 7) is 20.3. The van der Waals surface area contributed by atoms with Gasteiger partial charge in [-0.1, -0.05) is 128 Å². The minimum atomic E-state index is 0.434. The first-order chi connectivity index (χ1) is 18.7. The van der Waals surface area contributed by atoms with Crippen molar-refractivity contribution in [2.45, 2.75) is 92.2 Å². The van der Waals surface area contributed by atoms with Crippen LogP contribution in [0.3, 0.4) is 0 Å². The van der Waals surface area contributed by atoms with E-state index in [1.165, 1.54) is 55.5 Å². The average Bonchev–Trinajstić information content (AvgIpc) is 2.90. The number of hydrogen-bond acceptors (Lipinski definition) is 1. The van der Waals surface area contributed by atoms with Gasteiger partial charge < -0.3 is 0 Å². The molecule has 0 saturated heterocycles. The summed E-state index contributed by atoms with van der Waals surface area (Å²) < 4.78 is 2.57. The lowest BCUT2D eigenvalue weighted by Crippen LogP contribution is -2.31. The van der Waals surface area contributed by atoms with Gasteiger partial charge in [-0.05, 0) is 34.4 Å². The SMILES string of the molecule is CC(C)c1cccc(C(C)C)c1N1C=[N+](c2c(C(C)C)cccc2C(C)C)Cc2cccc3cccc(c23)C1. The number of benzene rings is 4. The lowest BCUT2D eigenvalue weighted by molar-refractivity contribution is -0.455. The molecule has 4 aromatic carbocycles. The number of hydrogen-bond donors (Lipinski definition) is 0. The van der Waals surface area contributed by atoms with Crippen LogP contribution in [0.5, 0.6) is 0 Å². The predicted molar refractivity (Wildman–Crippen MR) is 169 cm³/mol. The predicted octanol–water partition coefficient (Wildman–Crippen LogP) is 10.2. The zero-order valence-electron chi connectivity index (χ0n) is 25.1. The van der Waals surface area contributed by atoms with Crippen LogP contribution < -0.4 is 4.90 Å². The van der Waals surface area contributed by atoms with E-state index in [9.17, 15) is 0 Å². The highest BCUT2D eigenvalue weighted by molar-refractivity contribution is 5.91. The van der Waals surface area contributed by atoms with Gasteiger partial charge in [0.2, 0.25) is 6.34 Å². The van der Waals surface area contributed by atoms with Crippen LogP contribution in [0.4, 0.5) is 11.4 Å². The number of anilines is 1. The minimum Gasteiger partial charge on any atom is -0.229 e. The van der Waals surface area contributed by atoms with Crippen molar-refractivity contribution in [2.75, 3.05) is 4.90 Å². The zero-order chi connectivity index (χ0) is 27.8. The summed E-state index contributed by atoms with van der Waals surface area (Å²) in [6.07, 6.45) is 2.44. The van der Waals surface area contributed by atoms with Gasteiger partial charge >= 0.3 is 0 Å². The van der Waals surface area contributed by atoms with Crippen LogP contribution in [0, 0.1) is 0 Å². The van der Waals surface area contributed by atoms with Crippen LogP contribution in [-0.4, -0.2) is 10.9 Å². The van der Waals surface area contributed by atoms with Crippen LogP contribution >= 0.6 is 0 Å². The first-order valence-corrected chi connectivity index (χ1v) is 14.8. The molecule has 5 rings (SSSR count). The van der Waals surface area contributed by atoms with E-state index in [4.69, 9.17) is 0 Å². The summed E-state index contributed by atoms with van der Waals surface area (Å²) in [5.74, 6) is 1.73. The standard InChI is InChI=1S/C37H45N2/c1-24(2)31-17-11-18-32(25(3)4)36(31)38-21-29-15-9-13-28-14-10-16-30(35(28)29)22-39(23-38)37-33(26(5)6)19-12-20-34(37)27(7)8/h9-20,23-27H,21-22H2,1-8H3/q+1. The van der Waals surface area contributed by atoms with Gasteiger partial charge in [0.05, 0.1) is 0 Å². The molecule has 1 aliphatic rings. The van der Waals surface area contributed by atoms with Gasteiger partial charge in [-0.3, -0.25) is 0 Å². The summed E-state index contributed by atoms with van der Waals surface area (Å²) in [7, 11) is 0. The Hall–Kier alpha value is -3.39. The molecule has 0 fully saturated rings. The molecule has 2 nitrogen and oxygen atoms in total. The number of nitrogens with zero attached hydrogens (tertiary/aromatic N) is 2. The molecule has 0 bridgehead atoms. The zero-order valence-corrected chi connectivity index (χ0v) is 25.1. The van der Waals surface area contributed by atoms with Crippen molar-refractivity contribution >= 4 is 28.5 Å². The lowest BCUT2D eigenvalue weighted by Gasteiger charge is -2.28. The Kier molecular flexibility index (Phi) is 7.67. The molecule has 1 heterocycles. The summed E-state index contributed by atoms with van der Waals surface area (Å²) in [5.41, 5.74) is 11.2. The highest BCUT2D eigenvalue weighted by atomic mass is 15.2. The topological polar surface area (TPSA) is 6.25 Å². The third-order valence-electron chi connectivity index (χ3n) is 8.30. The summed E-state index contributed by atoms with van der Waals surface area (Å²) in [5, 5.41) is 2.73. The van der Waals surface area contributed by atoms with Crippen molar-refractivity contribution in [3.05, 3.63) is 106 Å². The van der Waals surface area contributed by atoms with Gasteiger partial charge in [0.1, 0.15) is 24.5 Å². The molecular weight excluding hydrogens is 472 g/mol. The molecule has 0 atom stereocenters. The Morgan fingerprint density at radius 2 is 1.03 bits per heavy atom. The van der Waals surface area contributed by atoms with E-state index in [1.807, 2.05) is 0 Å². The smallest absolute Gasteiger partial charge is 0.229 e. The monoisotopic (exact) mass is 517 g/mol. The highest BCUT2D eigenvalue weighted by Crippen LogP contribution is 2.40. The molecule has 0 aliphatic carbocycles. The normalized spacial score (nSPS) is 13.9. The van der Waals surface area contributed by atoms with E-state index in [-0.39, 0.29) is 0 Å². The summed E-state index contributed by atoms with van der Waals surface area (Å²) in [4.78, 5) is 2.57. The van der Waals surface area contributed by atoms with Crippen molar-refractivity contribution in [2.24, 2.45) is 0 Å². The van der Waals surface area contributed by atoms with Gasteiger partial charge in [-0.2, -0.15) is 0 Å². The molecule has 39 heavy (non-hydrogen) atoms. The van der Waals surface area contributed by atoms with E-state index < -0.39 is 0 Å². The molecule has 4 aromatic rings. The molecule has 0 saturated carbocycles. The fraction of sp³-hybridized carbons (Fsp3) is 0.378. The average molecular weight is 518 g/mol. The van der Waals surface area contributed by atoms with Crippen LogP contribution in [0.15, 0.2) is 72.8 Å². The molecule has 1 aliphatic heterocycles. The van der Waals surface area contributed by atoms with Gasteiger partial charge in [0, 0.05) is 33.4 Å². The third-order valence-corrected chi connectivity index (χ3v) is 8.30. The van der Waals surface area contributed by atoms with Crippen LogP contribution in [-0.2, 0) is 13.1 Å². The molecular formula is C37H45N2+. The van der Waals surface area contributed by atoms with Crippen LogP contribution in [0.2, 0.25) is 0 Å². The second-order valence-electron chi connectivity index (χ2n) is 12.5. The Bertz CT molecular complexity index is 1460. The van der Waals surface area contributed by atoms with E-state index in [1.54, 1.807) is 0 Å². The van der Waals surface area contributed by atoms with Gasteiger partial charge in [0.15, 0.2) is 0 Å². The largest absolute Gasteiger partial charge is 0.245 e. The van der Waals surface area contributed by atoms with Crippen LogP contribution in [0.25, 0.3) is 10.8 Å². The van der Waals surface area contributed by atoms with Crippen molar-refractivity contribution in [1.29, 1.82) is 0 Å². The quantitative estimate of drug-likeness (QED) is 0.231. The Labute approximate surface area is 236 Å². The van der Waals surface area contributed by atoms with E-state index in [0.717, 1.165) is 13.1 Å². The maximum Gasteiger partial charge on any atom is 0.245 e. The van der Waals surface area contributed by atoms with Gasteiger partial charge in [0.25, 0.3) is 0 Å². The molecule has 0 radical (unpaired) electrons. The second kappa shape index (κ2) is 11.0. The maximum absolute atomic E-state index is 2.57. The van der Waals surface area contributed by atoms with E-state index in [2.05, 4.69) is 144 Å². The van der Waals surface area contributed by atoms with E-state index in [0.29, 0.717) is 23.7 Å². The molecule has 0 spiro atoms. The first kappa shape index (κ1) is 27.2. The molecule has 2 heteroatoms. The van der Waals surface area contributed by atoms with Crippen molar-refractivity contribution in [3.63, 3.8) is 0 Å². The second-order valence-corrected chi connectivity index (χ2v) is 12.5. The molecule has 202 valence electrons. The number of para-hydroxylation sites is 2. The van der Waals surface area contributed by atoms with Crippen LogP contribution in [0.1, 0.15) is 112 Å². The maximum atomic E-state index is 2.57. The Morgan fingerprint density at radius 3 is 1.54 bits per heavy atom. The Morgan fingerprint density at radius 1 is 0.564 bits per heavy atom. The lowest BCUT2D eigenvalue weighted by atomic mass is 9.90. The Balaban J connectivity index is 1.87. The number of rotatable bonds is 6. The molecule has 0 unspecified atom stereocenters. The highest BCUT2D eigenvalue weighted by Gasteiger charge is 2.29. The van der Waals surface area contributed by atoms with Gasteiger partial charge in [-0.15, -0.1) is 0 Å². The molecule has 0 N–H and O–H groups in total. The van der Waals surface area contributed by atoms with Gasteiger partial charge in [-0.25, -0.2) is 9.48 Å². The first-order valence-electron chi connectivity index (χ1n) is 14.8. The fourth-order valence-corrected chi connectivity index (χ4v) is 6.34.